The van der Waals surface area contributed by atoms with Crippen molar-refractivity contribution in [1.82, 2.24) is 10.2 Å². The van der Waals surface area contributed by atoms with Gasteiger partial charge in [0, 0.05) is 25.3 Å². The van der Waals surface area contributed by atoms with Crippen LogP contribution in [-0.2, 0) is 19.2 Å². The minimum absolute atomic E-state index is 0.00343. The second-order valence-electron chi connectivity index (χ2n) is 8.65. The largest absolute Gasteiger partial charge is 0.368 e. The molecule has 2 aliphatic rings. The molecule has 0 saturated carbocycles. The van der Waals surface area contributed by atoms with Crippen LogP contribution in [0, 0.1) is 11.8 Å². The summed E-state index contributed by atoms with van der Waals surface area (Å²) in [6.45, 7) is 12.8. The third kappa shape index (κ3) is 10.8. The Morgan fingerprint density at radius 3 is 2.26 bits per heavy atom. The van der Waals surface area contributed by atoms with E-state index in [4.69, 9.17) is 5.73 Å². The molecule has 2 aliphatic heterocycles. The summed E-state index contributed by atoms with van der Waals surface area (Å²) in [4.78, 5) is 47.1. The summed E-state index contributed by atoms with van der Waals surface area (Å²) >= 11 is 0. The maximum absolute atomic E-state index is 12.3. The molecule has 180 valence electrons. The van der Waals surface area contributed by atoms with Gasteiger partial charge >= 0.3 is 0 Å². The van der Waals surface area contributed by atoms with E-state index in [-0.39, 0.29) is 41.5 Å². The molecule has 3 N–H and O–H groups in total. The van der Waals surface area contributed by atoms with Crippen molar-refractivity contribution in [3.63, 3.8) is 0 Å². The molecule has 0 aliphatic carbocycles. The first-order valence-corrected chi connectivity index (χ1v) is 12.1. The second-order valence-corrected chi connectivity index (χ2v) is 8.65. The number of Topliss-reactive ketones (excluding diaryl/α,β-unsaturated/α-hetero) is 1. The number of hydrogen-bond acceptors (Lipinski definition) is 4. The SMILES string of the molecule is CC.CC(C)CCC[C@H](C)C(=O)N1CCC[C@H]1C(N)=O.CCC(=O)[C@@H]1CCCC(=O)N1. The van der Waals surface area contributed by atoms with Crippen molar-refractivity contribution in [3.8, 4) is 0 Å². The minimum atomic E-state index is -0.370. The number of carbonyl (C=O) groups is 4. The van der Waals surface area contributed by atoms with E-state index < -0.39 is 0 Å². The van der Waals surface area contributed by atoms with Crippen molar-refractivity contribution in [2.45, 2.75) is 111 Å². The quantitative estimate of drug-likeness (QED) is 0.602. The lowest BCUT2D eigenvalue weighted by molar-refractivity contribution is -0.140. The number of nitrogens with two attached hydrogens (primary N) is 1. The Labute approximate surface area is 188 Å². The number of ketones is 1. The fourth-order valence-corrected chi connectivity index (χ4v) is 3.86. The molecule has 2 heterocycles. The van der Waals surface area contributed by atoms with E-state index >= 15 is 0 Å². The van der Waals surface area contributed by atoms with Crippen LogP contribution in [0.25, 0.3) is 0 Å². The van der Waals surface area contributed by atoms with Crippen LogP contribution >= 0.6 is 0 Å². The molecule has 31 heavy (non-hydrogen) atoms. The minimum Gasteiger partial charge on any atom is -0.368 e. The van der Waals surface area contributed by atoms with E-state index in [9.17, 15) is 19.2 Å². The first-order valence-electron chi connectivity index (χ1n) is 12.1. The van der Waals surface area contributed by atoms with Crippen LogP contribution in [0.4, 0.5) is 0 Å². The molecule has 0 bridgehead atoms. The summed E-state index contributed by atoms with van der Waals surface area (Å²) < 4.78 is 0. The first-order chi connectivity index (χ1) is 14.7. The lowest BCUT2D eigenvalue weighted by atomic mass is 9.98. The summed E-state index contributed by atoms with van der Waals surface area (Å²) in [5, 5.41) is 2.68. The van der Waals surface area contributed by atoms with Gasteiger partial charge in [-0.05, 0) is 38.0 Å². The molecule has 2 rings (SSSR count). The number of piperidine rings is 1. The Balaban J connectivity index is 0.000000591. The van der Waals surface area contributed by atoms with Gasteiger partial charge in [-0.3, -0.25) is 19.2 Å². The molecule has 3 amide bonds. The number of amides is 3. The van der Waals surface area contributed by atoms with Gasteiger partial charge in [0.1, 0.15) is 6.04 Å². The van der Waals surface area contributed by atoms with Crippen molar-refractivity contribution in [3.05, 3.63) is 0 Å². The second kappa shape index (κ2) is 15.8. The number of primary amides is 1. The molecular weight excluding hydrogens is 394 g/mol. The third-order valence-corrected chi connectivity index (χ3v) is 5.67. The zero-order valence-electron chi connectivity index (χ0n) is 20.5. The molecule has 0 aromatic carbocycles. The Morgan fingerprint density at radius 2 is 1.74 bits per heavy atom. The van der Waals surface area contributed by atoms with Crippen molar-refractivity contribution >= 4 is 23.5 Å². The topological polar surface area (TPSA) is 110 Å². The fourth-order valence-electron chi connectivity index (χ4n) is 3.86. The highest BCUT2D eigenvalue weighted by molar-refractivity contribution is 5.90. The molecule has 3 atom stereocenters. The monoisotopic (exact) mass is 439 g/mol. The molecule has 0 aromatic rings. The third-order valence-electron chi connectivity index (χ3n) is 5.67. The summed E-state index contributed by atoms with van der Waals surface area (Å²) in [6, 6.07) is -0.564. The van der Waals surface area contributed by atoms with E-state index in [1.807, 2.05) is 27.7 Å². The van der Waals surface area contributed by atoms with E-state index in [0.29, 0.717) is 25.3 Å². The van der Waals surface area contributed by atoms with Gasteiger partial charge in [0.05, 0.1) is 6.04 Å². The number of rotatable bonds is 8. The van der Waals surface area contributed by atoms with E-state index in [0.717, 1.165) is 44.9 Å². The van der Waals surface area contributed by atoms with Crippen LogP contribution in [-0.4, -0.2) is 47.0 Å². The highest BCUT2D eigenvalue weighted by atomic mass is 16.2. The smallest absolute Gasteiger partial charge is 0.240 e. The van der Waals surface area contributed by atoms with Crippen LogP contribution in [0.15, 0.2) is 0 Å². The molecule has 0 radical (unpaired) electrons. The average Bonchev–Trinajstić information content (AvgIpc) is 3.24. The highest BCUT2D eigenvalue weighted by Crippen LogP contribution is 2.22. The molecule has 0 aromatic heterocycles. The van der Waals surface area contributed by atoms with Crippen LogP contribution < -0.4 is 11.1 Å². The van der Waals surface area contributed by atoms with Crippen molar-refractivity contribution in [1.29, 1.82) is 0 Å². The molecule has 7 nitrogen and oxygen atoms in total. The van der Waals surface area contributed by atoms with E-state index in [1.54, 1.807) is 4.90 Å². The van der Waals surface area contributed by atoms with E-state index in [2.05, 4.69) is 19.2 Å². The summed E-state index contributed by atoms with van der Waals surface area (Å²) in [5.74, 6) is 0.581. The van der Waals surface area contributed by atoms with Gasteiger partial charge in [-0.2, -0.15) is 0 Å². The van der Waals surface area contributed by atoms with Gasteiger partial charge in [0.2, 0.25) is 17.7 Å². The molecule has 0 spiro atoms. The lowest BCUT2D eigenvalue weighted by Crippen LogP contribution is -2.45. The Kier molecular flexibility index (Phi) is 14.8. The van der Waals surface area contributed by atoms with Crippen LogP contribution in [0.2, 0.25) is 0 Å². The number of nitrogens with one attached hydrogen (secondary N) is 1. The first kappa shape index (κ1) is 29.1. The molecule has 0 unspecified atom stereocenters. The van der Waals surface area contributed by atoms with Crippen molar-refractivity contribution in [2.24, 2.45) is 17.6 Å². The Hall–Kier alpha value is -1.92. The fraction of sp³-hybridized carbons (Fsp3) is 0.833. The van der Waals surface area contributed by atoms with Gasteiger partial charge in [-0.25, -0.2) is 0 Å². The van der Waals surface area contributed by atoms with Gasteiger partial charge in [0.25, 0.3) is 0 Å². The molecule has 2 fully saturated rings. The van der Waals surface area contributed by atoms with Crippen LogP contribution in [0.3, 0.4) is 0 Å². The maximum atomic E-state index is 12.3. The average molecular weight is 440 g/mol. The predicted molar refractivity (Wildman–Crippen MR) is 124 cm³/mol. The van der Waals surface area contributed by atoms with Gasteiger partial charge in [-0.15, -0.1) is 0 Å². The number of hydrogen-bond donors (Lipinski definition) is 2. The Morgan fingerprint density at radius 1 is 1.10 bits per heavy atom. The zero-order valence-corrected chi connectivity index (χ0v) is 20.5. The van der Waals surface area contributed by atoms with Crippen LogP contribution in [0.5, 0.6) is 0 Å². The number of likely N-dealkylation sites (tertiary alicyclic amines) is 1. The number of carbonyl (C=O) groups excluding carboxylic acids is 4. The van der Waals surface area contributed by atoms with Crippen LogP contribution in [0.1, 0.15) is 99.3 Å². The Bertz CT molecular complexity index is 577. The standard InChI is InChI=1S/C14H26N2O2.C8H13NO2.C2H6/c1-10(2)6-4-7-11(3)14(18)16-9-5-8-12(16)13(15)17;1-2-7(10)6-4-3-5-8(11)9-6;1-2/h10-12H,4-9H2,1-3H3,(H2,15,17);6H,2-5H2,1H3,(H,9,11);1-2H3/t11-,12-;6-;/m00./s1. The maximum Gasteiger partial charge on any atom is 0.240 e. The lowest BCUT2D eigenvalue weighted by Gasteiger charge is -2.25. The molecule has 2 saturated heterocycles. The zero-order chi connectivity index (χ0) is 24.0. The number of nitrogens with zero attached hydrogens (tertiary/aromatic N) is 1. The highest BCUT2D eigenvalue weighted by Gasteiger charge is 2.34. The summed E-state index contributed by atoms with van der Waals surface area (Å²) in [7, 11) is 0. The van der Waals surface area contributed by atoms with Gasteiger partial charge in [0.15, 0.2) is 5.78 Å². The summed E-state index contributed by atoms with van der Waals surface area (Å²) in [6.07, 6.45) is 7.49. The van der Waals surface area contributed by atoms with Gasteiger partial charge in [-0.1, -0.05) is 54.4 Å². The predicted octanol–water partition coefficient (Wildman–Crippen LogP) is 3.59. The van der Waals surface area contributed by atoms with Crippen molar-refractivity contribution < 1.29 is 19.2 Å². The van der Waals surface area contributed by atoms with E-state index in [1.165, 1.54) is 0 Å². The summed E-state index contributed by atoms with van der Waals surface area (Å²) in [5.41, 5.74) is 5.33. The normalized spacial score (nSPS) is 21.3. The molecular formula is C24H45N3O4. The molecule has 7 heteroatoms. The van der Waals surface area contributed by atoms with Gasteiger partial charge < -0.3 is 16.0 Å². The van der Waals surface area contributed by atoms with Crippen molar-refractivity contribution in [2.75, 3.05) is 6.54 Å².